The maximum Gasteiger partial charge on any atom is 0.306 e. The summed E-state index contributed by atoms with van der Waals surface area (Å²) in [6, 6.07) is 0. The largest absolute Gasteiger partial charge is 0.462 e. The topological polar surface area (TPSA) is 78.9 Å². The maximum atomic E-state index is 12.9. The van der Waals surface area contributed by atoms with Crippen molar-refractivity contribution in [2.24, 2.45) is 17.8 Å². The quantitative estimate of drug-likeness (QED) is 0.0344. The molecular formula is C59H114O6. The molecule has 0 radical (unpaired) electrons. The number of carbonyl (C=O) groups excluding carboxylic acids is 3. The maximum absolute atomic E-state index is 12.9. The van der Waals surface area contributed by atoms with Crippen molar-refractivity contribution >= 4 is 17.9 Å². The summed E-state index contributed by atoms with van der Waals surface area (Å²) in [6.45, 7) is 13.8. The van der Waals surface area contributed by atoms with Gasteiger partial charge >= 0.3 is 17.9 Å². The highest BCUT2D eigenvalue weighted by atomic mass is 16.6. The molecule has 6 heteroatoms. The molecule has 0 aromatic heterocycles. The van der Waals surface area contributed by atoms with Crippen LogP contribution in [-0.2, 0) is 28.6 Å². The summed E-state index contributed by atoms with van der Waals surface area (Å²) in [4.78, 5) is 38.1. The number of esters is 3. The summed E-state index contributed by atoms with van der Waals surface area (Å²) in [5.74, 6) is 1.66. The Morgan fingerprint density at radius 3 is 0.662 bits per heavy atom. The van der Waals surface area contributed by atoms with Gasteiger partial charge in [0.15, 0.2) is 6.10 Å². The van der Waals surface area contributed by atoms with E-state index < -0.39 is 6.10 Å². The second-order valence-corrected chi connectivity index (χ2v) is 21.7. The van der Waals surface area contributed by atoms with Gasteiger partial charge in [-0.1, -0.05) is 286 Å². The van der Waals surface area contributed by atoms with Gasteiger partial charge in [-0.2, -0.15) is 0 Å². The number of hydrogen-bond acceptors (Lipinski definition) is 6. The zero-order chi connectivity index (χ0) is 47.7. The molecule has 0 saturated heterocycles. The second kappa shape index (κ2) is 50.3. The van der Waals surface area contributed by atoms with Gasteiger partial charge in [-0.25, -0.2) is 0 Å². The lowest BCUT2D eigenvalue weighted by Crippen LogP contribution is -2.30. The fourth-order valence-electron chi connectivity index (χ4n) is 9.00. The average Bonchev–Trinajstić information content (AvgIpc) is 3.26. The molecule has 0 rings (SSSR count). The molecule has 0 heterocycles. The summed E-state index contributed by atoms with van der Waals surface area (Å²) < 4.78 is 16.9. The zero-order valence-electron chi connectivity index (χ0n) is 44.8. The van der Waals surface area contributed by atoms with E-state index in [2.05, 4.69) is 41.5 Å². The third kappa shape index (κ3) is 53.2. The van der Waals surface area contributed by atoms with E-state index in [1.54, 1.807) is 0 Å². The van der Waals surface area contributed by atoms with Crippen LogP contribution in [0.25, 0.3) is 0 Å². The minimum atomic E-state index is -0.764. The highest BCUT2D eigenvalue weighted by Crippen LogP contribution is 2.18. The SMILES string of the molecule is CC(C)CCCCCCCCCCCCCCCCCC(=O)OC[C@@H](COC(=O)CCCCCCCCCCCC(C)C)OC(=O)CCCCCCCCCCCCCCCCC(C)C. The van der Waals surface area contributed by atoms with Crippen LogP contribution in [0.5, 0.6) is 0 Å². The Balaban J connectivity index is 4.28. The minimum absolute atomic E-state index is 0.0636. The number of carbonyl (C=O) groups is 3. The van der Waals surface area contributed by atoms with Gasteiger partial charge < -0.3 is 14.2 Å². The summed E-state index contributed by atoms with van der Waals surface area (Å²) in [7, 11) is 0. The van der Waals surface area contributed by atoms with E-state index in [9.17, 15) is 14.4 Å². The van der Waals surface area contributed by atoms with Crippen LogP contribution in [0.4, 0.5) is 0 Å². The van der Waals surface area contributed by atoms with E-state index >= 15 is 0 Å². The first-order chi connectivity index (χ1) is 31.6. The Morgan fingerprint density at radius 1 is 0.262 bits per heavy atom. The molecule has 0 aliphatic heterocycles. The lowest BCUT2D eigenvalue weighted by molar-refractivity contribution is -0.167. The summed E-state index contributed by atoms with van der Waals surface area (Å²) in [5, 5.41) is 0. The molecule has 0 amide bonds. The minimum Gasteiger partial charge on any atom is -0.462 e. The zero-order valence-corrected chi connectivity index (χ0v) is 44.8. The number of unbranched alkanes of at least 4 members (excludes halogenated alkanes) is 35. The molecule has 0 aromatic carbocycles. The van der Waals surface area contributed by atoms with Crippen molar-refractivity contribution in [1.29, 1.82) is 0 Å². The second-order valence-electron chi connectivity index (χ2n) is 21.7. The number of rotatable bonds is 52. The van der Waals surface area contributed by atoms with Crippen LogP contribution in [-0.4, -0.2) is 37.2 Å². The summed E-state index contributed by atoms with van der Waals surface area (Å²) in [6.07, 6.45) is 52.4. The molecule has 1 atom stereocenters. The third-order valence-electron chi connectivity index (χ3n) is 13.4. The van der Waals surface area contributed by atoms with Crippen LogP contribution < -0.4 is 0 Å². The van der Waals surface area contributed by atoms with Gasteiger partial charge in [-0.3, -0.25) is 14.4 Å². The van der Waals surface area contributed by atoms with Gasteiger partial charge in [0.05, 0.1) is 0 Å². The van der Waals surface area contributed by atoms with Crippen molar-refractivity contribution in [1.82, 2.24) is 0 Å². The molecule has 65 heavy (non-hydrogen) atoms. The molecule has 0 aromatic rings. The Morgan fingerprint density at radius 2 is 0.446 bits per heavy atom. The highest BCUT2D eigenvalue weighted by Gasteiger charge is 2.19. The Kier molecular flexibility index (Phi) is 49.1. The number of ether oxygens (including phenoxy) is 3. The molecule has 0 fully saturated rings. The van der Waals surface area contributed by atoms with Crippen molar-refractivity contribution in [3.05, 3.63) is 0 Å². The van der Waals surface area contributed by atoms with Crippen molar-refractivity contribution in [2.75, 3.05) is 13.2 Å². The summed E-state index contributed by atoms with van der Waals surface area (Å²) in [5.41, 5.74) is 0. The first-order valence-corrected chi connectivity index (χ1v) is 29.1. The highest BCUT2D eigenvalue weighted by molar-refractivity contribution is 5.71. The monoisotopic (exact) mass is 919 g/mol. The normalized spacial score (nSPS) is 12.1. The van der Waals surface area contributed by atoms with E-state index in [1.165, 1.54) is 205 Å². The predicted molar refractivity (Wildman–Crippen MR) is 279 cm³/mol. The molecule has 0 aliphatic rings. The van der Waals surface area contributed by atoms with Gasteiger partial charge in [0.2, 0.25) is 0 Å². The van der Waals surface area contributed by atoms with Crippen molar-refractivity contribution < 1.29 is 28.6 Å². The van der Waals surface area contributed by atoms with E-state index in [-0.39, 0.29) is 31.1 Å². The van der Waals surface area contributed by atoms with Gasteiger partial charge in [0, 0.05) is 19.3 Å². The fraction of sp³-hybridized carbons (Fsp3) is 0.949. The van der Waals surface area contributed by atoms with Crippen molar-refractivity contribution in [3.8, 4) is 0 Å². The molecule has 0 aliphatic carbocycles. The van der Waals surface area contributed by atoms with Crippen molar-refractivity contribution in [3.63, 3.8) is 0 Å². The lowest BCUT2D eigenvalue weighted by Gasteiger charge is -2.18. The molecule has 0 N–H and O–H groups in total. The predicted octanol–water partition coefficient (Wildman–Crippen LogP) is 19.1. The van der Waals surface area contributed by atoms with E-state index in [1.807, 2.05) is 0 Å². The van der Waals surface area contributed by atoms with Crippen LogP contribution in [0.1, 0.15) is 324 Å². The van der Waals surface area contributed by atoms with E-state index in [0.29, 0.717) is 19.3 Å². The average molecular weight is 920 g/mol. The molecule has 0 saturated carbocycles. The van der Waals surface area contributed by atoms with Gasteiger partial charge in [0.25, 0.3) is 0 Å². The Hall–Kier alpha value is -1.59. The Labute approximate surface area is 406 Å². The van der Waals surface area contributed by atoms with Crippen LogP contribution in [0.15, 0.2) is 0 Å². The first-order valence-electron chi connectivity index (χ1n) is 29.1. The van der Waals surface area contributed by atoms with Crippen LogP contribution >= 0.6 is 0 Å². The van der Waals surface area contributed by atoms with Gasteiger partial charge in [-0.05, 0) is 37.0 Å². The molecule has 0 unspecified atom stereocenters. The molecule has 0 bridgehead atoms. The van der Waals surface area contributed by atoms with Gasteiger partial charge in [-0.15, -0.1) is 0 Å². The van der Waals surface area contributed by atoms with Crippen molar-refractivity contribution in [2.45, 2.75) is 330 Å². The standard InChI is InChI=1S/C59H114O6/c1-53(2)45-39-33-27-21-16-12-8-7-9-14-18-24-30-36-42-48-57(60)63-51-56(52-64-58(61)49-43-37-31-26-20-23-29-35-41-47-55(5)6)65-59(62)50-44-38-32-25-19-15-11-10-13-17-22-28-34-40-46-54(3)4/h53-56H,7-52H2,1-6H3/t56-/m0/s1. The van der Waals surface area contributed by atoms with Gasteiger partial charge in [0.1, 0.15) is 13.2 Å². The third-order valence-corrected chi connectivity index (χ3v) is 13.4. The smallest absolute Gasteiger partial charge is 0.306 e. The van der Waals surface area contributed by atoms with E-state index in [0.717, 1.165) is 75.5 Å². The molecule has 386 valence electrons. The first kappa shape index (κ1) is 63.4. The van der Waals surface area contributed by atoms with Crippen LogP contribution in [0, 0.1) is 17.8 Å². The van der Waals surface area contributed by atoms with E-state index in [4.69, 9.17) is 14.2 Å². The summed E-state index contributed by atoms with van der Waals surface area (Å²) >= 11 is 0. The lowest BCUT2D eigenvalue weighted by atomic mass is 10.0. The number of hydrogen-bond donors (Lipinski definition) is 0. The molecular weight excluding hydrogens is 805 g/mol. The Bertz CT molecular complexity index is 1010. The molecule has 0 spiro atoms. The molecule has 6 nitrogen and oxygen atoms in total. The van der Waals surface area contributed by atoms with Crippen LogP contribution in [0.2, 0.25) is 0 Å². The van der Waals surface area contributed by atoms with Crippen LogP contribution in [0.3, 0.4) is 0 Å². The fourth-order valence-corrected chi connectivity index (χ4v) is 9.00.